The fraction of sp³-hybridized carbons (Fsp3) is 0.750. The highest BCUT2D eigenvalue weighted by atomic mass is 32.2. The van der Waals surface area contributed by atoms with Gasteiger partial charge in [-0.2, -0.15) is 8.42 Å². The Morgan fingerprint density at radius 2 is 2.11 bits per heavy atom. The second-order valence-corrected chi connectivity index (χ2v) is 2.43. The second kappa shape index (κ2) is 2.95. The summed E-state index contributed by atoms with van der Waals surface area (Å²) in [5.41, 5.74) is 0. The lowest BCUT2D eigenvalue weighted by Gasteiger charge is -2.10. The Kier molecular flexibility index (Phi) is 2.21. The first-order valence-corrected chi connectivity index (χ1v) is 3.54. The summed E-state index contributed by atoms with van der Waals surface area (Å²) in [6, 6.07) is 0. The fourth-order valence-electron chi connectivity index (χ4n) is 0.508. The third-order valence-corrected chi connectivity index (χ3v) is 1.50. The van der Waals surface area contributed by atoms with Crippen LogP contribution in [0.4, 0.5) is 0 Å². The minimum atomic E-state index is -2.23. The molecule has 4 nitrogen and oxygen atoms in total. The van der Waals surface area contributed by atoms with E-state index in [-0.39, 0.29) is 11.7 Å². The predicted molar refractivity (Wildman–Crippen MR) is 30.7 cm³/mol. The average Bonchev–Trinajstić information content (AvgIpc) is 1.90. The largest absolute Gasteiger partial charge is 0.371 e. The first-order valence-electron chi connectivity index (χ1n) is 2.46. The van der Waals surface area contributed by atoms with Crippen molar-refractivity contribution >= 4 is 15.3 Å². The molecule has 1 heterocycles. The van der Waals surface area contributed by atoms with Crippen LogP contribution < -0.4 is 0 Å². The van der Waals surface area contributed by atoms with E-state index in [9.17, 15) is 8.42 Å². The summed E-state index contributed by atoms with van der Waals surface area (Å²) >= 11 is 0. The van der Waals surface area contributed by atoms with E-state index in [1.165, 1.54) is 0 Å². The van der Waals surface area contributed by atoms with Gasteiger partial charge in [0.2, 0.25) is 10.3 Å². The number of ether oxygens (including phenoxy) is 2. The monoisotopic (exact) mass is 150 g/mol. The highest BCUT2D eigenvalue weighted by molar-refractivity contribution is 7.72. The van der Waals surface area contributed by atoms with Gasteiger partial charge in [-0.3, -0.25) is 0 Å². The molecule has 0 spiro atoms. The van der Waals surface area contributed by atoms with E-state index >= 15 is 0 Å². The normalized spacial score (nSPS) is 19.8. The molecule has 0 amide bonds. The van der Waals surface area contributed by atoms with Crippen LogP contribution in [0.1, 0.15) is 0 Å². The Labute approximate surface area is 53.9 Å². The first kappa shape index (κ1) is 6.73. The standard InChI is InChI=1S/C4H6O4S/c5-9(6)4-3-7-1-2-8-4/h1-3H2. The van der Waals surface area contributed by atoms with Crippen LogP contribution in [0.2, 0.25) is 0 Å². The van der Waals surface area contributed by atoms with Gasteiger partial charge in [-0.1, -0.05) is 0 Å². The van der Waals surface area contributed by atoms with Crippen LogP contribution in [0.25, 0.3) is 0 Å². The van der Waals surface area contributed by atoms with Crippen LogP contribution in [-0.2, 0) is 19.8 Å². The van der Waals surface area contributed by atoms with Crippen molar-refractivity contribution < 1.29 is 17.9 Å². The molecule has 0 aliphatic carbocycles. The highest BCUT2D eigenvalue weighted by Crippen LogP contribution is 1.90. The summed E-state index contributed by atoms with van der Waals surface area (Å²) in [7, 11) is -2.23. The summed E-state index contributed by atoms with van der Waals surface area (Å²) in [6.45, 7) is 0.889. The maximum atomic E-state index is 10.1. The Morgan fingerprint density at radius 1 is 1.33 bits per heavy atom. The predicted octanol–water partition coefficient (Wildman–Crippen LogP) is -0.958. The smallest absolute Gasteiger partial charge is 0.243 e. The molecule has 5 heteroatoms. The zero-order valence-corrected chi connectivity index (χ0v) is 5.48. The van der Waals surface area contributed by atoms with Gasteiger partial charge in [-0.15, -0.1) is 0 Å². The van der Waals surface area contributed by atoms with Gasteiger partial charge in [-0.05, 0) is 0 Å². The van der Waals surface area contributed by atoms with Gasteiger partial charge < -0.3 is 9.47 Å². The van der Waals surface area contributed by atoms with Gasteiger partial charge in [-0.25, -0.2) is 0 Å². The molecule has 0 N–H and O–H groups in total. The zero-order valence-electron chi connectivity index (χ0n) is 4.66. The molecule has 0 atom stereocenters. The number of rotatable bonds is 0. The van der Waals surface area contributed by atoms with Crippen LogP contribution in [-0.4, -0.2) is 33.3 Å². The van der Waals surface area contributed by atoms with E-state index in [4.69, 9.17) is 9.47 Å². The molecule has 1 aliphatic rings. The summed E-state index contributed by atoms with van der Waals surface area (Å²) in [6.07, 6.45) is 0. The summed E-state index contributed by atoms with van der Waals surface area (Å²) in [5.74, 6) is 0. The molecule has 1 rings (SSSR count). The van der Waals surface area contributed by atoms with E-state index in [1.807, 2.05) is 0 Å². The van der Waals surface area contributed by atoms with Gasteiger partial charge in [0.15, 0.2) is 5.05 Å². The zero-order chi connectivity index (χ0) is 6.69. The maximum absolute atomic E-state index is 10.1. The van der Waals surface area contributed by atoms with Crippen molar-refractivity contribution in [3.63, 3.8) is 0 Å². The molecule has 52 valence electrons. The molecule has 0 aromatic carbocycles. The second-order valence-electron chi connectivity index (χ2n) is 1.51. The molecular weight excluding hydrogens is 144 g/mol. The average molecular weight is 150 g/mol. The van der Waals surface area contributed by atoms with Crippen LogP contribution in [0, 0.1) is 0 Å². The van der Waals surface area contributed by atoms with Crippen molar-refractivity contribution in [3.05, 3.63) is 0 Å². The molecule has 0 radical (unpaired) electrons. The Morgan fingerprint density at radius 3 is 2.44 bits per heavy atom. The lowest BCUT2D eigenvalue weighted by Crippen LogP contribution is -2.23. The maximum Gasteiger partial charge on any atom is 0.243 e. The van der Waals surface area contributed by atoms with Crippen LogP contribution >= 0.6 is 0 Å². The SMILES string of the molecule is O=S(=O)=C1COCCO1. The molecule has 0 saturated carbocycles. The molecule has 0 bridgehead atoms. The minimum Gasteiger partial charge on any atom is -0.371 e. The van der Waals surface area contributed by atoms with E-state index < -0.39 is 10.3 Å². The fourth-order valence-corrected chi connectivity index (χ4v) is 0.867. The summed E-state index contributed by atoms with van der Waals surface area (Å²) < 4.78 is 29.7. The lowest BCUT2D eigenvalue weighted by atomic mass is 10.6. The summed E-state index contributed by atoms with van der Waals surface area (Å²) in [5, 5.41) is 0.00116. The van der Waals surface area contributed by atoms with E-state index in [0.717, 1.165) is 0 Å². The van der Waals surface area contributed by atoms with E-state index in [0.29, 0.717) is 13.2 Å². The molecule has 0 unspecified atom stereocenters. The van der Waals surface area contributed by atoms with Gasteiger partial charge in [0, 0.05) is 0 Å². The van der Waals surface area contributed by atoms with Crippen LogP contribution in [0.15, 0.2) is 0 Å². The topological polar surface area (TPSA) is 52.6 Å². The third-order valence-electron chi connectivity index (χ3n) is 0.897. The first-order chi connectivity index (χ1) is 4.30. The van der Waals surface area contributed by atoms with Gasteiger partial charge >= 0.3 is 0 Å². The van der Waals surface area contributed by atoms with Gasteiger partial charge in [0.1, 0.15) is 6.61 Å². The molecule has 0 aromatic heterocycles. The van der Waals surface area contributed by atoms with E-state index in [2.05, 4.69) is 0 Å². The molecule has 1 fully saturated rings. The number of hydrogen-bond donors (Lipinski definition) is 0. The minimum absolute atomic E-state index is 0.00116. The van der Waals surface area contributed by atoms with Crippen molar-refractivity contribution in [3.8, 4) is 0 Å². The molecule has 9 heavy (non-hydrogen) atoms. The van der Waals surface area contributed by atoms with E-state index in [1.54, 1.807) is 0 Å². The summed E-state index contributed by atoms with van der Waals surface area (Å²) in [4.78, 5) is 0. The van der Waals surface area contributed by atoms with Crippen LogP contribution in [0.5, 0.6) is 0 Å². The Balaban J connectivity index is 2.72. The number of hydrogen-bond acceptors (Lipinski definition) is 4. The molecular formula is C4H6O4S. The van der Waals surface area contributed by atoms with Crippen molar-refractivity contribution in [2.24, 2.45) is 0 Å². The highest BCUT2D eigenvalue weighted by Gasteiger charge is 2.07. The van der Waals surface area contributed by atoms with Gasteiger partial charge in [0.25, 0.3) is 0 Å². The van der Waals surface area contributed by atoms with Gasteiger partial charge in [0.05, 0.1) is 13.2 Å². The van der Waals surface area contributed by atoms with Crippen molar-refractivity contribution in [1.82, 2.24) is 0 Å². The van der Waals surface area contributed by atoms with Crippen molar-refractivity contribution in [2.75, 3.05) is 19.8 Å². The molecule has 1 saturated heterocycles. The molecule has 1 aliphatic heterocycles. The molecule has 0 aromatic rings. The lowest BCUT2D eigenvalue weighted by molar-refractivity contribution is 0.0759. The van der Waals surface area contributed by atoms with Crippen molar-refractivity contribution in [1.29, 1.82) is 0 Å². The Bertz CT molecular complexity index is 199. The van der Waals surface area contributed by atoms with Crippen LogP contribution in [0.3, 0.4) is 0 Å². The quantitative estimate of drug-likeness (QED) is 0.417. The van der Waals surface area contributed by atoms with Crippen molar-refractivity contribution in [2.45, 2.75) is 0 Å². The third kappa shape index (κ3) is 1.78. The Hall–Kier alpha value is -0.390.